The molecule has 0 aliphatic carbocycles. The maximum atomic E-state index is 13.9. The standard InChI is InChI=1S/C30H23BrN4O9S/c1-4-43-29(37)25-16(2)32-30-33(26(25)18-8-6-5-7-9-18)28(36)24(45-30)14-17-12-20(31)27(23(13-17)42-3)44-22-11-10-19(34(38)39)15-21(22)35(40)41/h5-15,26H,4H2,1-3H3/b24-14-/t26-/m1/s1. The molecule has 0 amide bonds. The number of rotatable bonds is 9. The lowest BCUT2D eigenvalue weighted by atomic mass is 9.96. The number of thiazole rings is 1. The number of non-ortho nitro benzene ring substituents is 1. The monoisotopic (exact) mass is 694 g/mol. The number of ether oxygens (including phenoxy) is 3. The molecule has 3 aromatic carbocycles. The Hall–Kier alpha value is -5.15. The summed E-state index contributed by atoms with van der Waals surface area (Å²) in [6.07, 6.45) is 1.63. The van der Waals surface area contributed by atoms with Crippen molar-refractivity contribution in [1.29, 1.82) is 0 Å². The lowest BCUT2D eigenvalue weighted by Crippen LogP contribution is -2.39. The van der Waals surface area contributed by atoms with Crippen molar-refractivity contribution in [2.24, 2.45) is 4.99 Å². The first-order chi connectivity index (χ1) is 21.5. The molecule has 1 aromatic heterocycles. The second-order valence-corrected chi connectivity index (χ2v) is 11.4. The molecule has 0 unspecified atom stereocenters. The van der Waals surface area contributed by atoms with E-state index in [9.17, 15) is 29.8 Å². The van der Waals surface area contributed by atoms with Crippen LogP contribution in [0.5, 0.6) is 17.2 Å². The molecule has 0 spiro atoms. The Morgan fingerprint density at radius 2 is 1.82 bits per heavy atom. The molecule has 230 valence electrons. The van der Waals surface area contributed by atoms with Gasteiger partial charge in [-0.25, -0.2) is 9.79 Å². The normalized spacial score (nSPS) is 14.4. The highest BCUT2D eigenvalue weighted by Crippen LogP contribution is 2.43. The van der Waals surface area contributed by atoms with Crippen LogP contribution in [0.1, 0.15) is 31.0 Å². The van der Waals surface area contributed by atoms with Crippen molar-refractivity contribution >= 4 is 50.7 Å². The number of allylic oxidation sites excluding steroid dienone is 1. The Kier molecular flexibility index (Phi) is 8.92. The van der Waals surface area contributed by atoms with Gasteiger partial charge >= 0.3 is 11.7 Å². The molecule has 0 bridgehead atoms. The Morgan fingerprint density at radius 1 is 1.09 bits per heavy atom. The molecule has 2 heterocycles. The summed E-state index contributed by atoms with van der Waals surface area (Å²) in [7, 11) is 1.37. The lowest BCUT2D eigenvalue weighted by molar-refractivity contribution is -0.394. The second kappa shape index (κ2) is 12.8. The van der Waals surface area contributed by atoms with Crippen LogP contribution in [-0.2, 0) is 9.53 Å². The number of carbonyl (C=O) groups excluding carboxylic acids is 1. The summed E-state index contributed by atoms with van der Waals surface area (Å²) in [6, 6.07) is 14.6. The first kappa shape index (κ1) is 31.3. The van der Waals surface area contributed by atoms with Crippen molar-refractivity contribution in [3.8, 4) is 17.2 Å². The van der Waals surface area contributed by atoms with Gasteiger partial charge in [-0.05, 0) is 65.2 Å². The Morgan fingerprint density at radius 3 is 2.47 bits per heavy atom. The highest BCUT2D eigenvalue weighted by atomic mass is 79.9. The van der Waals surface area contributed by atoms with Crippen molar-refractivity contribution in [1.82, 2.24) is 4.57 Å². The molecule has 45 heavy (non-hydrogen) atoms. The number of nitrogens with zero attached hydrogens (tertiary/aromatic N) is 4. The topological polar surface area (TPSA) is 165 Å². The van der Waals surface area contributed by atoms with Crippen LogP contribution in [0.3, 0.4) is 0 Å². The van der Waals surface area contributed by atoms with Crippen molar-refractivity contribution in [3.05, 3.63) is 127 Å². The first-order valence-electron chi connectivity index (χ1n) is 13.3. The number of hydrogen-bond acceptors (Lipinski definition) is 11. The molecule has 0 fully saturated rings. The molecule has 13 nitrogen and oxygen atoms in total. The minimum absolute atomic E-state index is 0.0758. The van der Waals surface area contributed by atoms with E-state index in [-0.39, 0.29) is 35.0 Å². The molecule has 1 atom stereocenters. The van der Waals surface area contributed by atoms with Crippen molar-refractivity contribution in [3.63, 3.8) is 0 Å². The number of nitro groups is 2. The van der Waals surface area contributed by atoms with Crippen LogP contribution in [0.15, 0.2) is 86.2 Å². The SMILES string of the molecule is CCOC(=O)C1=C(C)N=c2s/c(=C\c3cc(Br)c(Oc4ccc([N+](=O)[O-])cc4[N+](=O)[O-])c(OC)c3)c(=O)n2[C@@H]1c1ccccc1. The zero-order valence-corrected chi connectivity index (χ0v) is 26.3. The number of hydrogen-bond donors (Lipinski definition) is 0. The molecule has 15 heteroatoms. The third-order valence-corrected chi connectivity index (χ3v) is 8.32. The van der Waals surface area contributed by atoms with Crippen LogP contribution < -0.4 is 24.4 Å². The molecule has 0 radical (unpaired) electrons. The third-order valence-electron chi connectivity index (χ3n) is 6.74. The lowest BCUT2D eigenvalue weighted by Gasteiger charge is -2.24. The van der Waals surface area contributed by atoms with E-state index in [1.807, 2.05) is 30.3 Å². The van der Waals surface area contributed by atoms with Gasteiger partial charge in [-0.3, -0.25) is 29.6 Å². The average molecular weight is 696 g/mol. The van der Waals surface area contributed by atoms with E-state index < -0.39 is 33.2 Å². The van der Waals surface area contributed by atoms with Gasteiger partial charge in [0.15, 0.2) is 16.3 Å². The number of halogens is 1. The molecular weight excluding hydrogens is 672 g/mol. The van der Waals surface area contributed by atoms with Crippen molar-refractivity contribution in [2.45, 2.75) is 19.9 Å². The smallest absolute Gasteiger partial charge is 0.338 e. The van der Waals surface area contributed by atoms with E-state index in [0.29, 0.717) is 30.6 Å². The molecular formula is C30H23BrN4O9S. The Bertz CT molecular complexity index is 2070. The maximum absolute atomic E-state index is 13.9. The Labute approximate surface area is 266 Å². The van der Waals surface area contributed by atoms with Crippen LogP contribution in [0.25, 0.3) is 6.08 Å². The first-order valence-corrected chi connectivity index (χ1v) is 14.9. The van der Waals surface area contributed by atoms with E-state index in [0.717, 1.165) is 29.5 Å². The number of esters is 1. The van der Waals surface area contributed by atoms with Gasteiger partial charge in [0.25, 0.3) is 11.2 Å². The van der Waals surface area contributed by atoms with E-state index >= 15 is 0 Å². The highest BCUT2D eigenvalue weighted by Gasteiger charge is 2.33. The van der Waals surface area contributed by atoms with E-state index in [4.69, 9.17) is 14.2 Å². The second-order valence-electron chi connectivity index (χ2n) is 9.52. The summed E-state index contributed by atoms with van der Waals surface area (Å²) in [5.41, 5.74) is 0.513. The summed E-state index contributed by atoms with van der Waals surface area (Å²) >= 11 is 4.56. The number of fused-ring (bicyclic) bond motifs is 1. The van der Waals surface area contributed by atoms with Crippen LogP contribution >= 0.6 is 27.3 Å². The minimum atomic E-state index is -0.783. The van der Waals surface area contributed by atoms with Gasteiger partial charge in [0.2, 0.25) is 5.75 Å². The number of carbonyl (C=O) groups is 1. The zero-order chi connectivity index (χ0) is 32.4. The molecule has 5 rings (SSSR count). The van der Waals surface area contributed by atoms with Crippen LogP contribution in [0, 0.1) is 20.2 Å². The van der Waals surface area contributed by atoms with Crippen molar-refractivity contribution in [2.75, 3.05) is 13.7 Å². The number of benzene rings is 3. The average Bonchev–Trinajstić information content (AvgIpc) is 3.31. The fraction of sp³-hybridized carbons (Fsp3) is 0.167. The summed E-state index contributed by atoms with van der Waals surface area (Å²) in [4.78, 5) is 53.1. The molecule has 0 saturated carbocycles. The molecule has 0 N–H and O–H groups in total. The van der Waals surface area contributed by atoms with Gasteiger partial charge in [0.1, 0.15) is 0 Å². The Balaban J connectivity index is 1.60. The summed E-state index contributed by atoms with van der Waals surface area (Å²) < 4.78 is 18.7. The predicted molar refractivity (Wildman–Crippen MR) is 167 cm³/mol. The van der Waals surface area contributed by atoms with Gasteiger partial charge in [0, 0.05) is 6.07 Å². The van der Waals surface area contributed by atoms with Gasteiger partial charge < -0.3 is 14.2 Å². The number of nitro benzene ring substituents is 2. The summed E-state index contributed by atoms with van der Waals surface area (Å²) in [5.74, 6) is -0.552. The fourth-order valence-corrected chi connectivity index (χ4v) is 6.36. The van der Waals surface area contributed by atoms with Gasteiger partial charge in [0.05, 0.1) is 55.9 Å². The zero-order valence-electron chi connectivity index (χ0n) is 23.9. The maximum Gasteiger partial charge on any atom is 0.338 e. The van der Waals surface area contributed by atoms with Gasteiger partial charge in [-0.15, -0.1) is 0 Å². The number of aromatic nitrogens is 1. The quantitative estimate of drug-likeness (QED) is 0.130. The van der Waals surface area contributed by atoms with Gasteiger partial charge in [-0.1, -0.05) is 41.7 Å². The van der Waals surface area contributed by atoms with Crippen LogP contribution in [-0.4, -0.2) is 34.1 Å². The largest absolute Gasteiger partial charge is 0.493 e. The van der Waals surface area contributed by atoms with E-state index in [1.54, 1.807) is 32.1 Å². The highest BCUT2D eigenvalue weighted by molar-refractivity contribution is 9.10. The van der Waals surface area contributed by atoms with Crippen molar-refractivity contribution < 1.29 is 28.9 Å². The molecule has 1 aliphatic rings. The number of methoxy groups -OCH3 is 1. The molecule has 4 aromatic rings. The summed E-state index contributed by atoms with van der Waals surface area (Å²) in [6.45, 7) is 3.57. The molecule has 0 saturated heterocycles. The summed E-state index contributed by atoms with van der Waals surface area (Å²) in [5, 5.41) is 22.7. The van der Waals surface area contributed by atoms with E-state index in [1.165, 1.54) is 11.7 Å². The van der Waals surface area contributed by atoms with Gasteiger partial charge in [-0.2, -0.15) is 0 Å². The minimum Gasteiger partial charge on any atom is -0.493 e. The fourth-order valence-electron chi connectivity index (χ4n) is 4.77. The van der Waals surface area contributed by atoms with Crippen LogP contribution in [0.4, 0.5) is 11.4 Å². The molecule has 1 aliphatic heterocycles. The van der Waals surface area contributed by atoms with Crippen LogP contribution in [0.2, 0.25) is 0 Å². The predicted octanol–water partition coefficient (Wildman–Crippen LogP) is 5.18. The van der Waals surface area contributed by atoms with E-state index in [2.05, 4.69) is 20.9 Å². The third kappa shape index (κ3) is 6.12.